The van der Waals surface area contributed by atoms with Gasteiger partial charge >= 0.3 is 0 Å². The Bertz CT molecular complexity index is 2040. The summed E-state index contributed by atoms with van der Waals surface area (Å²) in [6, 6.07) is 14.1. The first-order valence-corrected chi connectivity index (χ1v) is 21.1. The van der Waals surface area contributed by atoms with Crippen molar-refractivity contribution in [3.8, 4) is 11.6 Å². The van der Waals surface area contributed by atoms with Crippen molar-refractivity contribution in [1.29, 1.82) is 0 Å². The summed E-state index contributed by atoms with van der Waals surface area (Å²) < 4.78 is 48.3. The molecule has 1 saturated carbocycles. The van der Waals surface area contributed by atoms with Gasteiger partial charge in [0.05, 0.1) is 37.4 Å². The van der Waals surface area contributed by atoms with Gasteiger partial charge in [-0.3, -0.25) is 19.0 Å². The average Bonchev–Trinajstić information content (AvgIpc) is 3.67. The number of carbonyl (C=O) groups excluding carboxylic acids is 2. The number of benzene rings is 2. The van der Waals surface area contributed by atoms with Crippen LogP contribution in [-0.4, -0.2) is 84.3 Å². The fraction of sp³-hybridized carbons (Fsp3) is 0.585. The van der Waals surface area contributed by atoms with Crippen LogP contribution in [0.25, 0.3) is 0 Å². The SMILES string of the molecule is COc1nn(C)cc1C(=O)NS1(=O)=NC(=O)c2ccc3c(c2)N(C[C@@H]2CC[C@H]2[C@@H](OC)C[C@@H]2[C@H](OC[C@@H]2C)[C@H](C)C1)C[C@@]1(CCCc2ccccc21)CO3. The number of ether oxygens (including phenoxy) is 4. The minimum Gasteiger partial charge on any atom is -0.490 e. The molecule has 2 bridgehead atoms. The van der Waals surface area contributed by atoms with Crippen molar-refractivity contribution in [1.82, 2.24) is 14.5 Å². The van der Waals surface area contributed by atoms with Crippen LogP contribution in [0.15, 0.2) is 53.0 Å². The number of methoxy groups -OCH3 is 2. The van der Waals surface area contributed by atoms with E-state index in [9.17, 15) is 13.8 Å². The average molecular weight is 760 g/mol. The molecule has 13 heteroatoms. The third kappa shape index (κ3) is 6.81. The summed E-state index contributed by atoms with van der Waals surface area (Å²) in [4.78, 5) is 30.4. The van der Waals surface area contributed by atoms with Crippen molar-refractivity contribution in [2.75, 3.05) is 51.2 Å². The molecule has 4 heterocycles. The van der Waals surface area contributed by atoms with Gasteiger partial charge < -0.3 is 23.8 Å². The van der Waals surface area contributed by atoms with Crippen molar-refractivity contribution in [3.63, 3.8) is 0 Å². The molecule has 2 aromatic carbocycles. The predicted molar refractivity (Wildman–Crippen MR) is 205 cm³/mol. The van der Waals surface area contributed by atoms with Gasteiger partial charge in [-0.2, -0.15) is 0 Å². The van der Waals surface area contributed by atoms with Gasteiger partial charge in [-0.1, -0.05) is 38.1 Å². The van der Waals surface area contributed by atoms with E-state index < -0.39 is 21.7 Å². The number of anilines is 1. The van der Waals surface area contributed by atoms with Crippen LogP contribution in [0.3, 0.4) is 0 Å². The first-order chi connectivity index (χ1) is 26.0. The van der Waals surface area contributed by atoms with Crippen LogP contribution in [0, 0.1) is 29.6 Å². The molecule has 1 spiro atoms. The van der Waals surface area contributed by atoms with Gasteiger partial charge in [-0.15, -0.1) is 9.46 Å². The molecule has 1 N–H and O–H groups in total. The largest absolute Gasteiger partial charge is 0.490 e. The Morgan fingerprint density at radius 3 is 2.70 bits per heavy atom. The molecule has 290 valence electrons. The maximum atomic E-state index is 15.0. The Labute approximate surface area is 318 Å². The molecule has 2 aliphatic carbocycles. The van der Waals surface area contributed by atoms with Crippen LogP contribution < -0.4 is 19.1 Å². The first-order valence-electron chi connectivity index (χ1n) is 19.4. The number of nitrogens with zero attached hydrogens (tertiary/aromatic N) is 4. The normalized spacial score (nSPS) is 33.6. The second-order valence-electron chi connectivity index (χ2n) is 16.4. The number of carbonyl (C=O) groups is 2. The molecule has 2 amide bonds. The van der Waals surface area contributed by atoms with E-state index in [0.29, 0.717) is 25.0 Å². The van der Waals surface area contributed by atoms with Crippen LogP contribution >= 0.6 is 0 Å². The molecule has 54 heavy (non-hydrogen) atoms. The first kappa shape index (κ1) is 37.0. The number of hydrogen-bond acceptors (Lipinski definition) is 9. The second kappa shape index (κ2) is 14.6. The molecule has 0 radical (unpaired) electrons. The second-order valence-corrected chi connectivity index (χ2v) is 18.4. The fourth-order valence-corrected chi connectivity index (χ4v) is 11.9. The number of aromatic nitrogens is 2. The molecule has 2 fully saturated rings. The van der Waals surface area contributed by atoms with Gasteiger partial charge in [0, 0.05) is 51.0 Å². The lowest BCUT2D eigenvalue weighted by Gasteiger charge is -2.47. The number of amides is 2. The van der Waals surface area contributed by atoms with Crippen molar-refractivity contribution in [2.45, 2.75) is 70.0 Å². The standard InChI is InChI=1S/C41H53N5O7S/c1-25-21-52-37-26(2)22-54(49,44-39(48)32-20-45(3)42-40(32)51-5)43-38(47)28-13-15-35-34(17-28)46(19-29-12-14-30(29)36(50-4)18-31(25)37)23-41(24-53-35)16-8-10-27-9-6-7-11-33(27)41/h6-7,9,11,13,15,17,20,25-26,29-31,36-37H,8,10,12,14,16,18-19,21-24H2,1-5H3,(H,43,44,47,48,49)/t25-,26+,29-,30+,31-,36-,37+,41-,54?/m0/s1. The molecular weight excluding hydrogens is 707 g/mol. The van der Waals surface area contributed by atoms with Gasteiger partial charge in [0.15, 0.2) is 0 Å². The van der Waals surface area contributed by atoms with Crippen LogP contribution in [0.4, 0.5) is 5.69 Å². The monoisotopic (exact) mass is 759 g/mol. The Balaban J connectivity index is 1.23. The number of hydrogen-bond donors (Lipinski definition) is 1. The van der Waals surface area contributed by atoms with E-state index in [4.69, 9.17) is 18.9 Å². The van der Waals surface area contributed by atoms with Gasteiger partial charge in [0.2, 0.25) is 5.88 Å². The Hall–Kier alpha value is -3.94. The Kier molecular flexibility index (Phi) is 10.0. The lowest BCUT2D eigenvalue weighted by molar-refractivity contribution is -0.0419. The zero-order chi connectivity index (χ0) is 37.8. The van der Waals surface area contributed by atoms with E-state index >= 15 is 0 Å². The maximum Gasteiger partial charge on any atom is 0.286 e. The topological polar surface area (TPSA) is 134 Å². The molecular formula is C41H53N5O7S. The summed E-state index contributed by atoms with van der Waals surface area (Å²) in [6.45, 7) is 6.84. The molecule has 1 aromatic heterocycles. The van der Waals surface area contributed by atoms with Crippen LogP contribution in [0.1, 0.15) is 77.8 Å². The Morgan fingerprint density at radius 2 is 1.93 bits per heavy atom. The van der Waals surface area contributed by atoms with E-state index in [1.807, 2.05) is 26.2 Å². The zero-order valence-corrected chi connectivity index (χ0v) is 32.8. The number of rotatable bonds is 4. The zero-order valence-electron chi connectivity index (χ0n) is 32.0. The minimum absolute atomic E-state index is 0.0345. The predicted octanol–water partition coefficient (Wildman–Crippen LogP) is 5.59. The van der Waals surface area contributed by atoms with E-state index in [1.165, 1.54) is 29.1 Å². The van der Waals surface area contributed by atoms with Gasteiger partial charge in [0.1, 0.15) is 21.2 Å². The summed E-state index contributed by atoms with van der Waals surface area (Å²) >= 11 is 0. The number of nitrogens with one attached hydrogen (secondary N) is 1. The summed E-state index contributed by atoms with van der Waals surface area (Å²) in [5.41, 5.74) is 3.73. The lowest BCUT2D eigenvalue weighted by atomic mass is 9.67. The lowest BCUT2D eigenvalue weighted by Crippen LogP contribution is -2.50. The molecule has 1 unspecified atom stereocenters. The van der Waals surface area contributed by atoms with Crippen molar-refractivity contribution in [2.24, 2.45) is 41.0 Å². The highest BCUT2D eigenvalue weighted by atomic mass is 32.2. The summed E-state index contributed by atoms with van der Waals surface area (Å²) in [5.74, 6) is 0.248. The highest BCUT2D eigenvalue weighted by Gasteiger charge is 2.47. The highest BCUT2D eigenvalue weighted by Crippen LogP contribution is 2.48. The fourth-order valence-electron chi connectivity index (χ4n) is 10.0. The maximum absolute atomic E-state index is 15.0. The van der Waals surface area contributed by atoms with Crippen LogP contribution in [0.5, 0.6) is 11.6 Å². The molecule has 5 aliphatic rings. The molecule has 9 atom stereocenters. The van der Waals surface area contributed by atoms with Crippen molar-refractivity contribution in [3.05, 3.63) is 70.9 Å². The quantitative estimate of drug-likeness (QED) is 0.362. The summed E-state index contributed by atoms with van der Waals surface area (Å²) in [6.07, 6.45) is 7.42. The van der Waals surface area contributed by atoms with Gasteiger partial charge in [-0.05, 0) is 97.4 Å². The van der Waals surface area contributed by atoms with Crippen molar-refractivity contribution < 1.29 is 32.7 Å². The van der Waals surface area contributed by atoms with Crippen LogP contribution in [-0.2, 0) is 38.3 Å². The minimum atomic E-state index is -3.68. The van der Waals surface area contributed by atoms with Gasteiger partial charge in [0.25, 0.3) is 11.8 Å². The smallest absolute Gasteiger partial charge is 0.286 e. The summed E-state index contributed by atoms with van der Waals surface area (Å²) in [5, 5.41) is 4.19. The van der Waals surface area contributed by atoms with Gasteiger partial charge in [-0.25, -0.2) is 4.21 Å². The molecule has 8 rings (SSSR count). The van der Waals surface area contributed by atoms with E-state index in [1.54, 1.807) is 13.1 Å². The summed E-state index contributed by atoms with van der Waals surface area (Å²) in [7, 11) is 1.23. The molecule has 3 aliphatic heterocycles. The van der Waals surface area contributed by atoms with E-state index in [-0.39, 0.29) is 58.1 Å². The van der Waals surface area contributed by atoms with E-state index in [0.717, 1.165) is 63.1 Å². The molecule has 12 nitrogen and oxygen atoms in total. The number of aryl methyl sites for hydroxylation is 2. The van der Waals surface area contributed by atoms with Crippen molar-refractivity contribution >= 4 is 27.4 Å². The Morgan fingerprint density at radius 1 is 1.09 bits per heavy atom. The third-order valence-electron chi connectivity index (χ3n) is 12.9. The van der Waals surface area contributed by atoms with Crippen LogP contribution in [0.2, 0.25) is 0 Å². The van der Waals surface area contributed by atoms with E-state index in [2.05, 4.69) is 50.3 Å². The molecule has 3 aromatic rings. The third-order valence-corrected chi connectivity index (χ3v) is 14.9. The highest BCUT2D eigenvalue weighted by molar-refractivity contribution is 7.92. The molecule has 1 saturated heterocycles. The number of fused-ring (bicyclic) bond motifs is 5.